The van der Waals surface area contributed by atoms with Crippen molar-refractivity contribution in [1.82, 2.24) is 0 Å². The summed E-state index contributed by atoms with van der Waals surface area (Å²) < 4.78 is 4.68. The van der Waals surface area contributed by atoms with E-state index in [1.54, 1.807) is 0 Å². The van der Waals surface area contributed by atoms with Crippen molar-refractivity contribution in [2.24, 2.45) is 0 Å². The predicted molar refractivity (Wildman–Crippen MR) is 73.6 cm³/mol. The number of benzene rings is 1. The van der Waals surface area contributed by atoms with E-state index in [0.29, 0.717) is 19.5 Å². The Morgan fingerprint density at radius 1 is 1.50 bits per heavy atom. The van der Waals surface area contributed by atoms with Crippen molar-refractivity contribution >= 4 is 27.6 Å². The minimum atomic E-state index is -0.401. The van der Waals surface area contributed by atoms with Gasteiger partial charge < -0.3 is 9.64 Å². The number of para-hydroxylation sites is 1. The van der Waals surface area contributed by atoms with Gasteiger partial charge in [-0.25, -0.2) is 0 Å². The molecule has 0 amide bonds. The van der Waals surface area contributed by atoms with Crippen molar-refractivity contribution in [3.05, 3.63) is 30.3 Å². The first kappa shape index (κ1) is 14.5. The SMILES string of the molecule is COC(=O)C(Br)CN(CCC#N)c1ccccc1. The zero-order valence-electron chi connectivity index (χ0n) is 10.2. The van der Waals surface area contributed by atoms with E-state index in [-0.39, 0.29) is 5.97 Å². The van der Waals surface area contributed by atoms with E-state index in [0.717, 1.165) is 5.69 Å². The molecule has 0 bridgehead atoms. The van der Waals surface area contributed by atoms with Crippen molar-refractivity contribution in [1.29, 1.82) is 5.26 Å². The lowest BCUT2D eigenvalue weighted by atomic mass is 10.2. The van der Waals surface area contributed by atoms with E-state index in [1.807, 2.05) is 35.2 Å². The van der Waals surface area contributed by atoms with Gasteiger partial charge in [0.2, 0.25) is 0 Å². The number of halogens is 1. The monoisotopic (exact) mass is 310 g/mol. The lowest BCUT2D eigenvalue weighted by Crippen LogP contribution is -2.35. The fourth-order valence-electron chi connectivity index (χ4n) is 1.55. The van der Waals surface area contributed by atoms with Gasteiger partial charge in [-0.3, -0.25) is 4.79 Å². The minimum absolute atomic E-state index is 0.312. The molecule has 18 heavy (non-hydrogen) atoms. The minimum Gasteiger partial charge on any atom is -0.468 e. The summed E-state index contributed by atoms with van der Waals surface area (Å²) in [6, 6.07) is 11.8. The Kier molecular flexibility index (Phi) is 6.23. The van der Waals surface area contributed by atoms with Crippen LogP contribution in [0.4, 0.5) is 5.69 Å². The summed E-state index contributed by atoms with van der Waals surface area (Å²) in [5.74, 6) is -0.312. The summed E-state index contributed by atoms with van der Waals surface area (Å²) in [5, 5.41) is 8.67. The highest BCUT2D eigenvalue weighted by molar-refractivity contribution is 9.10. The van der Waals surface area contributed by atoms with Crippen LogP contribution in [-0.4, -0.2) is 31.0 Å². The van der Waals surface area contributed by atoms with Crippen LogP contribution in [0.1, 0.15) is 6.42 Å². The van der Waals surface area contributed by atoms with Gasteiger partial charge in [0.1, 0.15) is 4.83 Å². The van der Waals surface area contributed by atoms with Crippen LogP contribution in [0.3, 0.4) is 0 Å². The third-order valence-corrected chi connectivity index (χ3v) is 3.12. The first-order valence-corrected chi connectivity index (χ1v) is 6.49. The third-order valence-electron chi connectivity index (χ3n) is 2.45. The topological polar surface area (TPSA) is 53.3 Å². The average molecular weight is 311 g/mol. The molecule has 1 aromatic carbocycles. The zero-order valence-corrected chi connectivity index (χ0v) is 11.8. The van der Waals surface area contributed by atoms with Crippen LogP contribution in [0, 0.1) is 11.3 Å². The Morgan fingerprint density at radius 2 is 2.17 bits per heavy atom. The van der Waals surface area contributed by atoms with Gasteiger partial charge >= 0.3 is 5.97 Å². The molecule has 0 spiro atoms. The van der Waals surface area contributed by atoms with Gasteiger partial charge in [0, 0.05) is 18.8 Å². The molecule has 0 saturated carbocycles. The molecule has 0 aliphatic rings. The molecule has 4 nitrogen and oxygen atoms in total. The van der Waals surface area contributed by atoms with Crippen molar-refractivity contribution in [3.8, 4) is 6.07 Å². The van der Waals surface area contributed by atoms with Crippen LogP contribution in [0.25, 0.3) is 0 Å². The van der Waals surface area contributed by atoms with E-state index in [1.165, 1.54) is 7.11 Å². The fourth-order valence-corrected chi connectivity index (χ4v) is 2.08. The maximum atomic E-state index is 11.4. The number of carbonyl (C=O) groups is 1. The van der Waals surface area contributed by atoms with E-state index < -0.39 is 4.83 Å². The highest BCUT2D eigenvalue weighted by Gasteiger charge is 2.19. The molecule has 0 aromatic heterocycles. The molecular formula is C13H15BrN2O2. The Hall–Kier alpha value is -1.54. The van der Waals surface area contributed by atoms with E-state index in [9.17, 15) is 4.79 Å². The highest BCUT2D eigenvalue weighted by Crippen LogP contribution is 2.16. The number of alkyl halides is 1. The first-order chi connectivity index (χ1) is 8.69. The summed E-state index contributed by atoms with van der Waals surface area (Å²) in [5.41, 5.74) is 0.987. The van der Waals surface area contributed by atoms with Crippen molar-refractivity contribution in [2.45, 2.75) is 11.2 Å². The standard InChI is InChI=1S/C13H15BrN2O2/c1-18-13(17)12(14)10-16(9-5-8-15)11-6-3-2-4-7-11/h2-4,6-7,12H,5,9-10H2,1H3. The summed E-state index contributed by atoms with van der Waals surface area (Å²) in [7, 11) is 1.36. The first-order valence-electron chi connectivity index (χ1n) is 5.58. The second-order valence-corrected chi connectivity index (χ2v) is 4.79. The van der Waals surface area contributed by atoms with Gasteiger partial charge in [0.15, 0.2) is 0 Å². The van der Waals surface area contributed by atoms with Crippen molar-refractivity contribution in [3.63, 3.8) is 0 Å². The summed E-state index contributed by atoms with van der Waals surface area (Å²) in [4.78, 5) is 13.0. The molecule has 0 heterocycles. The smallest absolute Gasteiger partial charge is 0.321 e. The quantitative estimate of drug-likeness (QED) is 0.598. The maximum Gasteiger partial charge on any atom is 0.321 e. The molecule has 1 unspecified atom stereocenters. The van der Waals surface area contributed by atoms with E-state index in [2.05, 4.69) is 26.7 Å². The molecule has 1 rings (SSSR count). The number of anilines is 1. The fraction of sp³-hybridized carbons (Fsp3) is 0.385. The molecule has 0 radical (unpaired) electrons. The Labute approximate surface area is 115 Å². The number of nitrogens with zero attached hydrogens (tertiary/aromatic N) is 2. The van der Waals surface area contributed by atoms with Gasteiger partial charge in [0.05, 0.1) is 19.6 Å². The summed E-state index contributed by atoms with van der Waals surface area (Å²) >= 11 is 3.29. The third kappa shape index (κ3) is 4.38. The van der Waals surface area contributed by atoms with Gasteiger partial charge in [-0.15, -0.1) is 0 Å². The van der Waals surface area contributed by atoms with E-state index >= 15 is 0 Å². The number of carbonyl (C=O) groups excluding carboxylic acids is 1. The number of hydrogen-bond acceptors (Lipinski definition) is 4. The second kappa shape index (κ2) is 7.72. The summed E-state index contributed by atoms with van der Waals surface area (Å²) in [6.07, 6.45) is 0.412. The molecule has 1 atom stereocenters. The number of methoxy groups -OCH3 is 1. The molecular weight excluding hydrogens is 296 g/mol. The molecule has 0 fully saturated rings. The molecule has 0 N–H and O–H groups in total. The molecule has 0 saturated heterocycles. The van der Waals surface area contributed by atoms with Crippen molar-refractivity contribution in [2.75, 3.05) is 25.1 Å². The van der Waals surface area contributed by atoms with Crippen LogP contribution in [0.2, 0.25) is 0 Å². The normalized spacial score (nSPS) is 11.4. The number of hydrogen-bond donors (Lipinski definition) is 0. The number of nitriles is 1. The lowest BCUT2D eigenvalue weighted by molar-refractivity contribution is -0.139. The van der Waals surface area contributed by atoms with Gasteiger partial charge in [-0.2, -0.15) is 5.26 Å². The predicted octanol–water partition coefficient (Wildman–Crippen LogP) is 2.34. The van der Waals surface area contributed by atoms with Crippen LogP contribution >= 0.6 is 15.9 Å². The number of rotatable bonds is 6. The molecule has 0 aliphatic heterocycles. The van der Waals surface area contributed by atoms with Crippen LogP contribution in [0.15, 0.2) is 30.3 Å². The second-order valence-electron chi connectivity index (χ2n) is 3.68. The van der Waals surface area contributed by atoms with Gasteiger partial charge in [-0.05, 0) is 12.1 Å². The number of ether oxygens (including phenoxy) is 1. The Balaban J connectivity index is 2.73. The molecule has 96 valence electrons. The average Bonchev–Trinajstić information content (AvgIpc) is 2.43. The number of esters is 1. The van der Waals surface area contributed by atoms with Gasteiger partial charge in [-0.1, -0.05) is 34.1 Å². The highest BCUT2D eigenvalue weighted by atomic mass is 79.9. The Bertz CT molecular complexity index is 417. The summed E-state index contributed by atoms with van der Waals surface area (Å²) in [6.45, 7) is 1.05. The molecule has 1 aromatic rings. The lowest BCUT2D eigenvalue weighted by Gasteiger charge is -2.25. The maximum absolute atomic E-state index is 11.4. The Morgan fingerprint density at radius 3 is 2.72 bits per heavy atom. The van der Waals surface area contributed by atoms with Crippen LogP contribution in [-0.2, 0) is 9.53 Å². The van der Waals surface area contributed by atoms with Crippen molar-refractivity contribution < 1.29 is 9.53 Å². The largest absolute Gasteiger partial charge is 0.468 e. The van der Waals surface area contributed by atoms with E-state index in [4.69, 9.17) is 5.26 Å². The van der Waals surface area contributed by atoms with Crippen LogP contribution < -0.4 is 4.90 Å². The van der Waals surface area contributed by atoms with Crippen LogP contribution in [0.5, 0.6) is 0 Å². The van der Waals surface area contributed by atoms with Gasteiger partial charge in [0.25, 0.3) is 0 Å². The zero-order chi connectivity index (χ0) is 13.4. The molecule has 0 aliphatic carbocycles. The molecule has 5 heteroatoms.